The third-order valence-corrected chi connectivity index (χ3v) is 5.16. The van der Waals surface area contributed by atoms with Gasteiger partial charge in [0.15, 0.2) is 0 Å². The highest BCUT2D eigenvalue weighted by Crippen LogP contribution is 2.40. The number of unbranched alkanes of at least 4 members (excludes halogenated alkanes) is 7. The molecule has 1 aromatic rings. The van der Waals surface area contributed by atoms with Crippen molar-refractivity contribution in [2.24, 2.45) is 0 Å². The Hall–Kier alpha value is -1.24. The molecule has 0 radical (unpaired) electrons. The Morgan fingerprint density at radius 2 is 1.19 bits per heavy atom. The van der Waals surface area contributed by atoms with Crippen LogP contribution in [0.3, 0.4) is 0 Å². The van der Waals surface area contributed by atoms with E-state index in [2.05, 4.69) is 60.3 Å². The molecule has 1 heteroatoms. The third-order valence-electron chi connectivity index (χ3n) is 5.16. The SMILES string of the molecule is C=CCCCCCCCCCc1cc(C(C)(C)C)c(O)c(C(C)(C)C)c1. The van der Waals surface area contributed by atoms with E-state index in [-0.39, 0.29) is 10.8 Å². The number of hydrogen-bond donors (Lipinski definition) is 1. The van der Waals surface area contributed by atoms with E-state index in [4.69, 9.17) is 0 Å². The van der Waals surface area contributed by atoms with Gasteiger partial charge in [-0.25, -0.2) is 0 Å². The van der Waals surface area contributed by atoms with Gasteiger partial charge in [0.1, 0.15) is 5.75 Å². The monoisotopic (exact) mass is 358 g/mol. The van der Waals surface area contributed by atoms with Gasteiger partial charge < -0.3 is 5.11 Å². The summed E-state index contributed by atoms with van der Waals surface area (Å²) in [5.74, 6) is 0.494. The molecule has 0 saturated carbocycles. The van der Waals surface area contributed by atoms with E-state index in [1.165, 1.54) is 50.5 Å². The van der Waals surface area contributed by atoms with Gasteiger partial charge in [0.2, 0.25) is 0 Å². The summed E-state index contributed by atoms with van der Waals surface area (Å²) in [5, 5.41) is 10.8. The van der Waals surface area contributed by atoms with Crippen molar-refractivity contribution in [2.75, 3.05) is 0 Å². The number of rotatable bonds is 10. The van der Waals surface area contributed by atoms with Crippen molar-refractivity contribution in [3.63, 3.8) is 0 Å². The second-order valence-electron chi connectivity index (χ2n) is 9.84. The van der Waals surface area contributed by atoms with Gasteiger partial charge in [0.05, 0.1) is 0 Å². The summed E-state index contributed by atoms with van der Waals surface area (Å²) in [6.45, 7) is 16.9. The first-order chi connectivity index (χ1) is 12.1. The Kier molecular flexibility index (Phi) is 8.93. The summed E-state index contributed by atoms with van der Waals surface area (Å²) >= 11 is 0. The number of phenolic OH excluding ortho intramolecular Hbond substituents is 1. The fourth-order valence-electron chi connectivity index (χ4n) is 3.48. The summed E-state index contributed by atoms with van der Waals surface area (Å²) in [4.78, 5) is 0. The van der Waals surface area contributed by atoms with E-state index in [0.29, 0.717) is 5.75 Å². The first-order valence-corrected chi connectivity index (χ1v) is 10.5. The zero-order valence-corrected chi connectivity index (χ0v) is 18.3. The zero-order valence-electron chi connectivity index (χ0n) is 18.3. The van der Waals surface area contributed by atoms with Crippen LogP contribution in [0.5, 0.6) is 5.75 Å². The van der Waals surface area contributed by atoms with Crippen LogP contribution in [-0.2, 0) is 17.3 Å². The van der Waals surface area contributed by atoms with E-state index >= 15 is 0 Å². The lowest BCUT2D eigenvalue weighted by molar-refractivity contribution is 0.422. The fraction of sp³-hybridized carbons (Fsp3) is 0.680. The number of phenols is 1. The Balaban J connectivity index is 2.63. The van der Waals surface area contributed by atoms with Crippen LogP contribution in [0.25, 0.3) is 0 Å². The first-order valence-electron chi connectivity index (χ1n) is 10.5. The predicted molar refractivity (Wildman–Crippen MR) is 116 cm³/mol. The van der Waals surface area contributed by atoms with Gasteiger partial charge in [-0.15, -0.1) is 6.58 Å². The van der Waals surface area contributed by atoms with Crippen LogP contribution in [0.15, 0.2) is 24.8 Å². The predicted octanol–water partition coefficient (Wildman–Crippen LogP) is 7.84. The van der Waals surface area contributed by atoms with Gasteiger partial charge >= 0.3 is 0 Å². The highest BCUT2D eigenvalue weighted by molar-refractivity contribution is 5.49. The van der Waals surface area contributed by atoms with Gasteiger partial charge in [0, 0.05) is 0 Å². The van der Waals surface area contributed by atoms with Crippen molar-refractivity contribution in [1.82, 2.24) is 0 Å². The molecule has 0 aromatic heterocycles. The minimum Gasteiger partial charge on any atom is -0.507 e. The largest absolute Gasteiger partial charge is 0.507 e. The summed E-state index contributed by atoms with van der Waals surface area (Å²) in [7, 11) is 0. The molecule has 0 aliphatic carbocycles. The molecule has 0 unspecified atom stereocenters. The highest BCUT2D eigenvalue weighted by atomic mass is 16.3. The number of aryl methyl sites for hydroxylation is 1. The molecule has 148 valence electrons. The lowest BCUT2D eigenvalue weighted by atomic mass is 9.78. The van der Waals surface area contributed by atoms with Crippen molar-refractivity contribution in [1.29, 1.82) is 0 Å². The number of hydrogen-bond acceptors (Lipinski definition) is 1. The molecular formula is C25H42O. The number of benzene rings is 1. The molecule has 1 aromatic carbocycles. The molecule has 0 atom stereocenters. The van der Waals surface area contributed by atoms with Gasteiger partial charge in [0.25, 0.3) is 0 Å². The Morgan fingerprint density at radius 3 is 1.62 bits per heavy atom. The maximum Gasteiger partial charge on any atom is 0.123 e. The van der Waals surface area contributed by atoms with Crippen molar-refractivity contribution in [3.05, 3.63) is 41.5 Å². The van der Waals surface area contributed by atoms with Crippen molar-refractivity contribution in [3.8, 4) is 5.75 Å². The smallest absolute Gasteiger partial charge is 0.123 e. The molecule has 1 rings (SSSR count). The molecule has 0 aliphatic rings. The summed E-state index contributed by atoms with van der Waals surface area (Å²) in [5.41, 5.74) is 3.48. The lowest BCUT2D eigenvalue weighted by Crippen LogP contribution is -2.18. The van der Waals surface area contributed by atoms with Crippen LogP contribution in [-0.4, -0.2) is 5.11 Å². The van der Waals surface area contributed by atoms with E-state index in [1.54, 1.807) is 0 Å². The van der Waals surface area contributed by atoms with Gasteiger partial charge in [-0.05, 0) is 53.2 Å². The average Bonchev–Trinajstić information content (AvgIpc) is 2.52. The lowest BCUT2D eigenvalue weighted by Gasteiger charge is -2.28. The maximum absolute atomic E-state index is 10.8. The summed E-state index contributed by atoms with van der Waals surface area (Å²) < 4.78 is 0. The van der Waals surface area contributed by atoms with Gasteiger partial charge in [-0.2, -0.15) is 0 Å². The number of allylic oxidation sites excluding steroid dienone is 1. The fourth-order valence-corrected chi connectivity index (χ4v) is 3.48. The molecule has 0 saturated heterocycles. The van der Waals surface area contributed by atoms with Gasteiger partial charge in [-0.3, -0.25) is 0 Å². The van der Waals surface area contributed by atoms with Crippen LogP contribution in [0.1, 0.15) is 110 Å². The second-order valence-corrected chi connectivity index (χ2v) is 9.84. The highest BCUT2D eigenvalue weighted by Gasteiger charge is 2.26. The van der Waals surface area contributed by atoms with E-state index in [9.17, 15) is 5.11 Å². The summed E-state index contributed by atoms with van der Waals surface area (Å²) in [6, 6.07) is 4.47. The van der Waals surface area contributed by atoms with Crippen LogP contribution >= 0.6 is 0 Å². The molecule has 0 amide bonds. The molecule has 0 spiro atoms. The molecule has 0 fully saturated rings. The minimum absolute atomic E-state index is 0.0362. The second kappa shape index (κ2) is 10.2. The zero-order chi connectivity index (χ0) is 19.8. The van der Waals surface area contributed by atoms with E-state index < -0.39 is 0 Å². The van der Waals surface area contributed by atoms with Crippen LogP contribution in [0.4, 0.5) is 0 Å². The molecule has 1 nitrogen and oxygen atoms in total. The molecule has 1 N–H and O–H groups in total. The van der Waals surface area contributed by atoms with Crippen molar-refractivity contribution < 1.29 is 5.11 Å². The van der Waals surface area contributed by atoms with Crippen LogP contribution in [0, 0.1) is 0 Å². The van der Waals surface area contributed by atoms with Crippen LogP contribution in [0.2, 0.25) is 0 Å². The Labute approximate surface area is 162 Å². The molecule has 0 aliphatic heterocycles. The van der Waals surface area contributed by atoms with E-state index in [0.717, 1.165) is 24.0 Å². The maximum atomic E-state index is 10.8. The molecule has 26 heavy (non-hydrogen) atoms. The standard InChI is InChI=1S/C25H42O/c1-8-9-10-11-12-13-14-15-16-17-20-18-21(24(2,3)4)23(26)22(19-20)25(5,6)7/h8,18-19,26H,1,9-17H2,2-7H3. The Bertz CT molecular complexity index is 519. The van der Waals surface area contributed by atoms with Crippen LogP contribution < -0.4 is 0 Å². The molecular weight excluding hydrogens is 316 g/mol. The third kappa shape index (κ3) is 7.56. The quantitative estimate of drug-likeness (QED) is 0.333. The van der Waals surface area contributed by atoms with Crippen molar-refractivity contribution in [2.45, 2.75) is 110 Å². The molecule has 0 heterocycles. The minimum atomic E-state index is -0.0362. The van der Waals surface area contributed by atoms with Gasteiger partial charge in [-0.1, -0.05) is 91.9 Å². The summed E-state index contributed by atoms with van der Waals surface area (Å²) in [6.07, 6.45) is 13.5. The first kappa shape index (κ1) is 22.8. The topological polar surface area (TPSA) is 20.2 Å². The normalized spacial score (nSPS) is 12.4. The Morgan fingerprint density at radius 1 is 0.769 bits per heavy atom. The number of aromatic hydroxyl groups is 1. The van der Waals surface area contributed by atoms with Crippen molar-refractivity contribution >= 4 is 0 Å². The molecule has 0 bridgehead atoms. The average molecular weight is 359 g/mol. The van der Waals surface area contributed by atoms with E-state index in [1.807, 2.05) is 6.08 Å².